The van der Waals surface area contributed by atoms with Crippen LogP contribution in [0.2, 0.25) is 0 Å². The summed E-state index contributed by atoms with van der Waals surface area (Å²) in [4.78, 5) is 25.8. The standard InChI is InChI=1S/C16H27NO3/c1-3-5-11(2)14-6-4-9-17(14)15(18)12-7-8-13(10-12)16(19)20/h11-14H,3-10H2,1-2H3,(H,19,20)/t11?,12-,13+,14?/m1/s1. The lowest BCUT2D eigenvalue weighted by molar-refractivity contribution is -0.142. The number of aliphatic carboxylic acids is 1. The molecule has 0 aromatic rings. The lowest BCUT2D eigenvalue weighted by atomic mass is 9.94. The van der Waals surface area contributed by atoms with Crippen molar-refractivity contribution in [2.45, 2.75) is 64.8 Å². The minimum Gasteiger partial charge on any atom is -0.481 e. The van der Waals surface area contributed by atoms with Crippen LogP contribution in [0.5, 0.6) is 0 Å². The van der Waals surface area contributed by atoms with Gasteiger partial charge >= 0.3 is 5.97 Å². The third-order valence-electron chi connectivity index (χ3n) is 5.11. The van der Waals surface area contributed by atoms with Gasteiger partial charge in [0.05, 0.1) is 5.92 Å². The van der Waals surface area contributed by atoms with Crippen molar-refractivity contribution < 1.29 is 14.7 Å². The Morgan fingerprint density at radius 3 is 2.55 bits per heavy atom. The zero-order valence-corrected chi connectivity index (χ0v) is 12.7. The third-order valence-corrected chi connectivity index (χ3v) is 5.11. The lowest BCUT2D eigenvalue weighted by Crippen LogP contribution is -2.42. The maximum absolute atomic E-state index is 12.7. The summed E-state index contributed by atoms with van der Waals surface area (Å²) in [5.41, 5.74) is 0. The van der Waals surface area contributed by atoms with Crippen LogP contribution in [0.1, 0.15) is 58.8 Å². The van der Waals surface area contributed by atoms with E-state index in [2.05, 4.69) is 18.7 Å². The van der Waals surface area contributed by atoms with Crippen molar-refractivity contribution in [1.82, 2.24) is 4.90 Å². The van der Waals surface area contributed by atoms with E-state index in [9.17, 15) is 9.59 Å². The van der Waals surface area contributed by atoms with E-state index < -0.39 is 5.97 Å². The molecule has 0 spiro atoms. The number of carboxylic acid groups (broad SMARTS) is 1. The Morgan fingerprint density at radius 1 is 1.25 bits per heavy atom. The first-order valence-electron chi connectivity index (χ1n) is 8.07. The van der Waals surface area contributed by atoms with Gasteiger partial charge in [-0.3, -0.25) is 9.59 Å². The number of likely N-dealkylation sites (tertiary alicyclic amines) is 1. The van der Waals surface area contributed by atoms with Crippen LogP contribution in [0.25, 0.3) is 0 Å². The molecule has 4 atom stereocenters. The molecule has 2 aliphatic rings. The second-order valence-corrected chi connectivity index (χ2v) is 6.55. The van der Waals surface area contributed by atoms with Crippen LogP contribution in [0.15, 0.2) is 0 Å². The SMILES string of the molecule is CCCC(C)C1CCCN1C(=O)[C@@H]1CC[C@H](C(=O)O)C1. The van der Waals surface area contributed by atoms with Gasteiger partial charge in [-0.05, 0) is 44.4 Å². The van der Waals surface area contributed by atoms with Crippen molar-refractivity contribution in [3.05, 3.63) is 0 Å². The first kappa shape index (κ1) is 15.3. The Hall–Kier alpha value is -1.06. The number of rotatable bonds is 5. The molecular formula is C16H27NO3. The molecule has 0 aromatic heterocycles. The van der Waals surface area contributed by atoms with E-state index in [1.165, 1.54) is 0 Å². The van der Waals surface area contributed by atoms with Gasteiger partial charge < -0.3 is 10.0 Å². The van der Waals surface area contributed by atoms with Gasteiger partial charge in [-0.15, -0.1) is 0 Å². The third kappa shape index (κ3) is 3.15. The normalized spacial score (nSPS) is 31.5. The molecule has 20 heavy (non-hydrogen) atoms. The summed E-state index contributed by atoms with van der Waals surface area (Å²) >= 11 is 0. The zero-order valence-electron chi connectivity index (χ0n) is 12.7. The van der Waals surface area contributed by atoms with Crippen molar-refractivity contribution >= 4 is 11.9 Å². The van der Waals surface area contributed by atoms with Gasteiger partial charge in [0.25, 0.3) is 0 Å². The summed E-state index contributed by atoms with van der Waals surface area (Å²) in [6.45, 7) is 5.30. The van der Waals surface area contributed by atoms with Crippen molar-refractivity contribution in [3.63, 3.8) is 0 Å². The van der Waals surface area contributed by atoms with E-state index in [0.717, 1.165) is 38.6 Å². The summed E-state index contributed by atoms with van der Waals surface area (Å²) in [5.74, 6) is -0.316. The number of carboxylic acids is 1. The predicted molar refractivity (Wildman–Crippen MR) is 77.3 cm³/mol. The molecule has 0 aromatic carbocycles. The van der Waals surface area contributed by atoms with Gasteiger partial charge in [-0.25, -0.2) is 0 Å². The van der Waals surface area contributed by atoms with Gasteiger partial charge in [0, 0.05) is 18.5 Å². The van der Waals surface area contributed by atoms with Crippen molar-refractivity contribution in [2.24, 2.45) is 17.8 Å². The molecule has 114 valence electrons. The van der Waals surface area contributed by atoms with Gasteiger partial charge in [-0.2, -0.15) is 0 Å². The van der Waals surface area contributed by atoms with E-state index in [4.69, 9.17) is 5.11 Å². The van der Waals surface area contributed by atoms with Gasteiger partial charge in [0.1, 0.15) is 0 Å². The fourth-order valence-corrected chi connectivity index (χ4v) is 3.97. The van der Waals surface area contributed by atoms with Crippen LogP contribution in [-0.2, 0) is 9.59 Å². The highest BCUT2D eigenvalue weighted by molar-refractivity contribution is 5.81. The first-order valence-corrected chi connectivity index (χ1v) is 8.07. The molecule has 1 aliphatic carbocycles. The Labute approximate surface area is 121 Å². The molecule has 1 heterocycles. The molecule has 4 nitrogen and oxygen atoms in total. The molecule has 2 unspecified atom stereocenters. The second-order valence-electron chi connectivity index (χ2n) is 6.55. The van der Waals surface area contributed by atoms with E-state index in [1.807, 2.05) is 0 Å². The molecule has 0 bridgehead atoms. The minimum atomic E-state index is -0.738. The number of hydrogen-bond donors (Lipinski definition) is 1. The molecular weight excluding hydrogens is 254 g/mol. The molecule has 1 saturated heterocycles. The molecule has 0 radical (unpaired) electrons. The van der Waals surface area contributed by atoms with Crippen LogP contribution in [-0.4, -0.2) is 34.5 Å². The lowest BCUT2D eigenvalue weighted by Gasteiger charge is -2.31. The van der Waals surface area contributed by atoms with Crippen molar-refractivity contribution in [3.8, 4) is 0 Å². The summed E-state index contributed by atoms with van der Waals surface area (Å²) in [6, 6.07) is 0.381. The highest BCUT2D eigenvalue weighted by Crippen LogP contribution is 2.35. The van der Waals surface area contributed by atoms with Crippen molar-refractivity contribution in [1.29, 1.82) is 0 Å². The largest absolute Gasteiger partial charge is 0.481 e. The van der Waals surface area contributed by atoms with Crippen LogP contribution in [0.3, 0.4) is 0 Å². The van der Waals surface area contributed by atoms with E-state index in [-0.39, 0.29) is 17.7 Å². The molecule has 2 rings (SSSR count). The van der Waals surface area contributed by atoms with E-state index in [1.54, 1.807) is 0 Å². The Kier molecular flexibility index (Phi) is 5.06. The fraction of sp³-hybridized carbons (Fsp3) is 0.875. The van der Waals surface area contributed by atoms with Crippen LogP contribution >= 0.6 is 0 Å². The topological polar surface area (TPSA) is 57.6 Å². The number of amides is 1. The molecule has 4 heteroatoms. The predicted octanol–water partition coefficient (Wildman–Crippen LogP) is 2.91. The van der Waals surface area contributed by atoms with Gasteiger partial charge in [0.15, 0.2) is 0 Å². The second kappa shape index (κ2) is 6.59. The highest BCUT2D eigenvalue weighted by Gasteiger charge is 2.40. The molecule has 1 N–H and O–H groups in total. The summed E-state index contributed by atoms with van der Waals surface area (Å²) < 4.78 is 0. The Morgan fingerprint density at radius 2 is 1.95 bits per heavy atom. The Bertz CT molecular complexity index is 369. The van der Waals surface area contributed by atoms with E-state index in [0.29, 0.717) is 24.8 Å². The van der Waals surface area contributed by atoms with Gasteiger partial charge in [-0.1, -0.05) is 20.3 Å². The zero-order chi connectivity index (χ0) is 14.7. The molecule has 2 fully saturated rings. The number of carbonyl (C=O) groups excluding carboxylic acids is 1. The summed E-state index contributed by atoms with van der Waals surface area (Å²) in [7, 11) is 0. The maximum Gasteiger partial charge on any atom is 0.306 e. The fourth-order valence-electron chi connectivity index (χ4n) is 3.97. The molecule has 1 amide bonds. The Balaban J connectivity index is 1.96. The first-order chi connectivity index (χ1) is 9.54. The van der Waals surface area contributed by atoms with Crippen LogP contribution < -0.4 is 0 Å². The monoisotopic (exact) mass is 281 g/mol. The summed E-state index contributed by atoms with van der Waals surface area (Å²) in [5, 5.41) is 9.06. The van der Waals surface area contributed by atoms with E-state index >= 15 is 0 Å². The summed E-state index contributed by atoms with van der Waals surface area (Å²) in [6.07, 6.45) is 6.48. The minimum absolute atomic E-state index is 0.0504. The maximum atomic E-state index is 12.7. The average molecular weight is 281 g/mol. The number of hydrogen-bond acceptors (Lipinski definition) is 2. The molecule has 1 saturated carbocycles. The number of nitrogens with zero attached hydrogens (tertiary/aromatic N) is 1. The number of carbonyl (C=O) groups is 2. The van der Waals surface area contributed by atoms with Crippen molar-refractivity contribution in [2.75, 3.05) is 6.54 Å². The smallest absolute Gasteiger partial charge is 0.306 e. The van der Waals surface area contributed by atoms with Gasteiger partial charge in [0.2, 0.25) is 5.91 Å². The van der Waals surface area contributed by atoms with Crippen LogP contribution in [0.4, 0.5) is 0 Å². The highest BCUT2D eigenvalue weighted by atomic mass is 16.4. The van der Waals surface area contributed by atoms with Crippen LogP contribution in [0, 0.1) is 17.8 Å². The quantitative estimate of drug-likeness (QED) is 0.843. The average Bonchev–Trinajstić information content (AvgIpc) is 3.07. The molecule has 1 aliphatic heterocycles.